The van der Waals surface area contributed by atoms with Gasteiger partial charge in [0.1, 0.15) is 16.6 Å². The number of aliphatic carboxylic acids is 1. The van der Waals surface area contributed by atoms with E-state index in [1.54, 1.807) is 6.92 Å². The SMILES string of the molecule is Cc1c(C(=O)N2CCC(C)CC2C(=O)O)sc2nc(C(F)(F)F)ccc12. The first-order valence-electron chi connectivity index (χ1n) is 8.10. The molecular formula is C17H17F3N2O3S. The van der Waals surface area contributed by atoms with E-state index in [1.807, 2.05) is 6.92 Å². The van der Waals surface area contributed by atoms with Crippen LogP contribution in [0.15, 0.2) is 12.1 Å². The molecular weight excluding hydrogens is 369 g/mol. The number of nitrogens with zero attached hydrogens (tertiary/aromatic N) is 2. The highest BCUT2D eigenvalue weighted by Crippen LogP contribution is 2.35. The van der Waals surface area contributed by atoms with Gasteiger partial charge < -0.3 is 10.0 Å². The first-order chi connectivity index (χ1) is 12.1. The first-order valence-corrected chi connectivity index (χ1v) is 8.92. The minimum Gasteiger partial charge on any atom is -0.480 e. The molecule has 1 aliphatic rings. The Balaban J connectivity index is 2.00. The van der Waals surface area contributed by atoms with Gasteiger partial charge >= 0.3 is 12.1 Å². The fourth-order valence-electron chi connectivity index (χ4n) is 3.21. The molecule has 2 aromatic heterocycles. The Labute approximate surface area is 151 Å². The second-order valence-electron chi connectivity index (χ2n) is 6.59. The molecule has 0 aromatic carbocycles. The van der Waals surface area contributed by atoms with Gasteiger partial charge in [-0.2, -0.15) is 13.2 Å². The number of carboxylic acid groups (broad SMARTS) is 1. The van der Waals surface area contributed by atoms with Crippen LogP contribution in [0.5, 0.6) is 0 Å². The van der Waals surface area contributed by atoms with Crippen molar-refractivity contribution in [2.45, 2.75) is 38.9 Å². The highest BCUT2D eigenvalue weighted by Gasteiger charge is 2.37. The Bertz CT molecular complexity index is 878. The zero-order valence-corrected chi connectivity index (χ0v) is 14.9. The van der Waals surface area contributed by atoms with Gasteiger partial charge in [0.05, 0.1) is 4.88 Å². The number of aryl methyl sites for hydroxylation is 1. The zero-order valence-electron chi connectivity index (χ0n) is 14.1. The van der Waals surface area contributed by atoms with Crippen LogP contribution in [0, 0.1) is 12.8 Å². The highest BCUT2D eigenvalue weighted by molar-refractivity contribution is 7.20. The van der Waals surface area contributed by atoms with Crippen LogP contribution in [0.3, 0.4) is 0 Å². The van der Waals surface area contributed by atoms with Gasteiger partial charge in [0.25, 0.3) is 5.91 Å². The summed E-state index contributed by atoms with van der Waals surface area (Å²) in [6, 6.07) is 1.27. The van der Waals surface area contributed by atoms with Crippen LogP contribution in [-0.2, 0) is 11.0 Å². The molecule has 1 amide bonds. The van der Waals surface area contributed by atoms with Crippen LogP contribution in [0.1, 0.15) is 40.7 Å². The first kappa shape index (κ1) is 18.6. The van der Waals surface area contributed by atoms with Gasteiger partial charge in [0, 0.05) is 11.9 Å². The number of halogens is 3. The number of fused-ring (bicyclic) bond motifs is 1. The molecule has 3 rings (SSSR count). The van der Waals surface area contributed by atoms with Crippen molar-refractivity contribution in [3.05, 3.63) is 28.3 Å². The predicted octanol–water partition coefficient (Wildman–Crippen LogP) is 3.95. The fraction of sp³-hybridized carbons (Fsp3) is 0.471. The van der Waals surface area contributed by atoms with Crippen LogP contribution < -0.4 is 0 Å². The quantitative estimate of drug-likeness (QED) is 0.849. The van der Waals surface area contributed by atoms with Crippen molar-refractivity contribution in [3.63, 3.8) is 0 Å². The number of piperidine rings is 1. The fourth-order valence-corrected chi connectivity index (χ4v) is 4.35. The van der Waals surface area contributed by atoms with E-state index in [4.69, 9.17) is 0 Å². The number of hydrogen-bond donors (Lipinski definition) is 1. The Kier molecular flexibility index (Phi) is 4.68. The molecule has 0 radical (unpaired) electrons. The molecule has 140 valence electrons. The molecule has 2 unspecified atom stereocenters. The van der Waals surface area contributed by atoms with E-state index in [2.05, 4.69) is 4.98 Å². The van der Waals surface area contributed by atoms with Gasteiger partial charge in [-0.05, 0) is 43.4 Å². The molecule has 0 bridgehead atoms. The minimum atomic E-state index is -4.56. The third-order valence-electron chi connectivity index (χ3n) is 4.70. The molecule has 0 spiro atoms. The highest BCUT2D eigenvalue weighted by atomic mass is 32.1. The number of pyridine rings is 1. The van der Waals surface area contributed by atoms with Crippen LogP contribution in [0.4, 0.5) is 13.2 Å². The number of rotatable bonds is 2. The summed E-state index contributed by atoms with van der Waals surface area (Å²) in [5.74, 6) is -1.33. The van der Waals surface area contributed by atoms with Gasteiger partial charge in [0.15, 0.2) is 0 Å². The molecule has 9 heteroatoms. The maximum Gasteiger partial charge on any atom is 0.433 e. The van der Waals surface area contributed by atoms with Crippen molar-refractivity contribution in [2.24, 2.45) is 5.92 Å². The Morgan fingerprint density at radius 1 is 1.35 bits per heavy atom. The predicted molar refractivity (Wildman–Crippen MR) is 90.2 cm³/mol. The van der Waals surface area contributed by atoms with Crippen LogP contribution in [-0.4, -0.2) is 39.5 Å². The molecule has 1 fully saturated rings. The Morgan fingerprint density at radius 3 is 2.65 bits per heavy atom. The number of aromatic nitrogens is 1. The van der Waals surface area contributed by atoms with Gasteiger partial charge in [0.2, 0.25) is 0 Å². The zero-order chi connectivity index (χ0) is 19.2. The maximum atomic E-state index is 12.9. The molecule has 26 heavy (non-hydrogen) atoms. The molecule has 1 saturated heterocycles. The third kappa shape index (κ3) is 3.27. The number of carbonyl (C=O) groups is 2. The molecule has 2 aromatic rings. The summed E-state index contributed by atoms with van der Waals surface area (Å²) >= 11 is 0.875. The smallest absolute Gasteiger partial charge is 0.433 e. The average Bonchev–Trinajstić information content (AvgIpc) is 2.89. The summed E-state index contributed by atoms with van der Waals surface area (Å²) in [5, 5.41) is 9.90. The minimum absolute atomic E-state index is 0.123. The Morgan fingerprint density at radius 2 is 2.04 bits per heavy atom. The van der Waals surface area contributed by atoms with E-state index in [-0.39, 0.29) is 15.6 Å². The standard InChI is InChI=1S/C17H17F3N2O3S/c1-8-5-6-22(11(7-8)16(24)25)15(23)13-9(2)10-3-4-12(17(18,19)20)21-14(10)26-13/h3-4,8,11H,5-7H2,1-2H3,(H,24,25). The number of alkyl halides is 3. The van der Waals surface area contributed by atoms with Crippen molar-refractivity contribution in [1.82, 2.24) is 9.88 Å². The largest absolute Gasteiger partial charge is 0.480 e. The van der Waals surface area contributed by atoms with Crippen molar-refractivity contribution >= 4 is 33.4 Å². The van der Waals surface area contributed by atoms with Gasteiger partial charge in [-0.1, -0.05) is 6.92 Å². The van der Waals surface area contributed by atoms with Crippen molar-refractivity contribution < 1.29 is 27.9 Å². The molecule has 0 saturated carbocycles. The van der Waals surface area contributed by atoms with Crippen LogP contribution in [0.2, 0.25) is 0 Å². The summed E-state index contributed by atoms with van der Waals surface area (Å²) in [6.45, 7) is 3.89. The second kappa shape index (κ2) is 6.53. The van der Waals surface area contributed by atoms with E-state index in [0.717, 1.165) is 17.4 Å². The molecule has 1 N–H and O–H groups in total. The molecule has 1 aliphatic heterocycles. The van der Waals surface area contributed by atoms with E-state index in [0.29, 0.717) is 30.3 Å². The summed E-state index contributed by atoms with van der Waals surface area (Å²) < 4.78 is 38.6. The summed E-state index contributed by atoms with van der Waals surface area (Å²) in [4.78, 5) is 29.8. The summed E-state index contributed by atoms with van der Waals surface area (Å²) in [6.07, 6.45) is -3.51. The molecule has 3 heterocycles. The normalized spacial score (nSPS) is 21.2. The lowest BCUT2D eigenvalue weighted by atomic mass is 9.92. The lowest BCUT2D eigenvalue weighted by Crippen LogP contribution is -2.49. The third-order valence-corrected chi connectivity index (χ3v) is 5.89. The second-order valence-corrected chi connectivity index (χ2v) is 7.58. The van der Waals surface area contributed by atoms with E-state index in [1.165, 1.54) is 11.0 Å². The van der Waals surface area contributed by atoms with Gasteiger partial charge in [-0.3, -0.25) is 4.79 Å². The van der Waals surface area contributed by atoms with E-state index < -0.39 is 29.8 Å². The number of carboxylic acids is 1. The van der Waals surface area contributed by atoms with Gasteiger partial charge in [-0.15, -0.1) is 11.3 Å². The summed E-state index contributed by atoms with van der Waals surface area (Å²) in [5.41, 5.74) is -0.487. The summed E-state index contributed by atoms with van der Waals surface area (Å²) in [7, 11) is 0. The lowest BCUT2D eigenvalue weighted by molar-refractivity contribution is -0.144. The number of hydrogen-bond acceptors (Lipinski definition) is 4. The molecule has 2 atom stereocenters. The van der Waals surface area contributed by atoms with Gasteiger partial charge in [-0.25, -0.2) is 9.78 Å². The van der Waals surface area contributed by atoms with E-state index >= 15 is 0 Å². The maximum absolute atomic E-state index is 12.9. The van der Waals surface area contributed by atoms with Crippen molar-refractivity contribution in [1.29, 1.82) is 0 Å². The Hall–Kier alpha value is -2.16. The topological polar surface area (TPSA) is 70.5 Å². The number of amides is 1. The van der Waals surface area contributed by atoms with Crippen LogP contribution >= 0.6 is 11.3 Å². The lowest BCUT2D eigenvalue weighted by Gasteiger charge is -2.35. The average molecular weight is 386 g/mol. The van der Waals surface area contributed by atoms with Crippen LogP contribution in [0.25, 0.3) is 10.2 Å². The number of thiophene rings is 1. The molecule has 5 nitrogen and oxygen atoms in total. The van der Waals surface area contributed by atoms with Crippen molar-refractivity contribution in [2.75, 3.05) is 6.54 Å². The molecule has 0 aliphatic carbocycles. The van der Waals surface area contributed by atoms with Crippen molar-refractivity contribution in [3.8, 4) is 0 Å². The number of likely N-dealkylation sites (tertiary alicyclic amines) is 1. The van der Waals surface area contributed by atoms with E-state index in [9.17, 15) is 27.9 Å². The number of carbonyl (C=O) groups excluding carboxylic acids is 1. The monoisotopic (exact) mass is 386 g/mol.